The van der Waals surface area contributed by atoms with Crippen molar-refractivity contribution in [2.75, 3.05) is 70.4 Å². The SMILES string of the molecule is CCN(Cc1cc[n+](CC2=C(C(=O)O)N3C(=O)C(NC(=O)C(=NOC)c4csc(N)n4)C3SC2)cc1)C(=O)CN(C)CC(=O)N(CC)Cc1cc[n+](CC2=C(C(=O)O)N3C(=O)C(NC(=O)C(=NOC)c4csc(N)n4)C3SC2)cc1. The van der Waals surface area contributed by atoms with E-state index < -0.39 is 58.4 Å². The molecule has 8 N–H and O–H groups in total. The molecule has 0 aromatic carbocycles. The molecule has 4 aromatic heterocycles. The number of nitrogens with zero attached hydrogens (tertiary/aromatic N) is 11. The van der Waals surface area contributed by atoms with Gasteiger partial charge in [-0.25, -0.2) is 28.7 Å². The lowest BCUT2D eigenvalue weighted by Crippen LogP contribution is -2.71. The smallest absolute Gasteiger partial charge is 0.352 e. The van der Waals surface area contributed by atoms with Crippen LogP contribution in [-0.2, 0) is 74.2 Å². The molecule has 8 heterocycles. The Kier molecular flexibility index (Phi) is 18.5. The summed E-state index contributed by atoms with van der Waals surface area (Å²) in [6, 6.07) is 5.27. The third-order valence-corrected chi connectivity index (χ3v) is 17.1. The Labute approximate surface area is 473 Å². The average molecular weight is 1180 g/mol. The first-order valence-electron chi connectivity index (χ1n) is 24.6. The number of pyridine rings is 2. The summed E-state index contributed by atoms with van der Waals surface area (Å²) in [6.07, 6.45) is 7.07. The number of hydrogen-bond donors (Lipinski definition) is 6. The van der Waals surface area contributed by atoms with E-state index in [1.54, 1.807) is 55.7 Å². The fraction of sp³-hybridized carbons (Fsp3) is 0.388. The number of thioether (sulfide) groups is 2. The maximum absolute atomic E-state index is 13.6. The van der Waals surface area contributed by atoms with Crippen molar-refractivity contribution in [1.82, 2.24) is 45.1 Å². The number of carbonyl (C=O) groups is 8. The highest BCUT2D eigenvalue weighted by Crippen LogP contribution is 2.42. The van der Waals surface area contributed by atoms with Gasteiger partial charge in [-0.15, -0.1) is 46.2 Å². The molecule has 6 amide bonds. The van der Waals surface area contributed by atoms with E-state index >= 15 is 0 Å². The minimum Gasteiger partial charge on any atom is -0.477 e. The Balaban J connectivity index is 0.804. The zero-order valence-corrected chi connectivity index (χ0v) is 47.1. The van der Waals surface area contributed by atoms with Crippen molar-refractivity contribution in [1.29, 1.82) is 0 Å². The van der Waals surface area contributed by atoms with Crippen LogP contribution in [0.2, 0.25) is 0 Å². The van der Waals surface area contributed by atoms with Crippen molar-refractivity contribution >= 4 is 115 Å². The molecule has 4 aliphatic rings. The van der Waals surface area contributed by atoms with E-state index in [-0.39, 0.29) is 107 Å². The number of aliphatic carboxylic acids is 2. The number of carboxylic acids is 2. The molecule has 4 aromatic rings. The van der Waals surface area contributed by atoms with Gasteiger partial charge in [-0.1, -0.05) is 10.3 Å². The van der Waals surface area contributed by atoms with Crippen LogP contribution >= 0.6 is 46.2 Å². The Morgan fingerprint density at radius 1 is 0.688 bits per heavy atom. The second kappa shape index (κ2) is 25.4. The molecule has 2 saturated heterocycles. The summed E-state index contributed by atoms with van der Waals surface area (Å²) in [5.41, 5.74) is 13.7. The number of likely N-dealkylation sites (N-methyl/N-ethyl adjacent to an activating group) is 3. The largest absolute Gasteiger partial charge is 0.477 e. The number of aromatic nitrogens is 4. The van der Waals surface area contributed by atoms with Crippen LogP contribution in [0.15, 0.2) is 92.7 Å². The molecule has 0 bridgehead atoms. The van der Waals surface area contributed by atoms with Crippen LogP contribution < -0.4 is 31.2 Å². The van der Waals surface area contributed by atoms with Gasteiger partial charge in [-0.3, -0.25) is 43.5 Å². The summed E-state index contributed by atoms with van der Waals surface area (Å²) in [4.78, 5) is 131. The fourth-order valence-corrected chi connectivity index (χ4v) is 12.9. The van der Waals surface area contributed by atoms with Crippen molar-refractivity contribution in [3.63, 3.8) is 0 Å². The molecular formula is C49H57N15O12S4+2. The minimum absolute atomic E-state index is 0.0262. The number of amides is 6. The van der Waals surface area contributed by atoms with Gasteiger partial charge in [0.1, 0.15) is 59.8 Å². The molecular weight excluding hydrogens is 1120 g/mol. The topological polar surface area (TPSA) is 346 Å². The van der Waals surface area contributed by atoms with E-state index in [4.69, 9.17) is 21.1 Å². The quantitative estimate of drug-likeness (QED) is 0.0217. The molecule has 4 unspecified atom stereocenters. The lowest BCUT2D eigenvalue weighted by atomic mass is 10.0. The summed E-state index contributed by atoms with van der Waals surface area (Å²) >= 11 is 4.84. The number of oxime groups is 2. The Bertz CT molecular complexity index is 3010. The summed E-state index contributed by atoms with van der Waals surface area (Å²) in [7, 11) is 4.22. The van der Waals surface area contributed by atoms with Crippen LogP contribution in [0.25, 0.3) is 0 Å². The lowest BCUT2D eigenvalue weighted by Gasteiger charge is -2.49. The molecule has 0 spiro atoms. The van der Waals surface area contributed by atoms with Gasteiger partial charge in [-0.2, -0.15) is 0 Å². The zero-order chi connectivity index (χ0) is 57.5. The van der Waals surface area contributed by atoms with Crippen LogP contribution in [-0.4, -0.2) is 185 Å². The first-order valence-corrected chi connectivity index (χ1v) is 28.5. The van der Waals surface area contributed by atoms with E-state index in [0.717, 1.165) is 33.8 Å². The number of carbonyl (C=O) groups excluding carboxylic acids is 6. The highest BCUT2D eigenvalue weighted by atomic mass is 32.2. The third kappa shape index (κ3) is 12.7. The number of hydrogen-bond acceptors (Lipinski definition) is 21. The average Bonchev–Trinajstić information content (AvgIpc) is 4.22. The molecule has 2 fully saturated rings. The normalized spacial score (nSPS) is 18.9. The summed E-state index contributed by atoms with van der Waals surface area (Å²) in [6.45, 7) is 5.33. The standard InChI is InChI=1S/C49H55N15O12S4/c1-6-61(16-26-8-12-59(13-9-26)18-28-22-77-44-36(42(69)63(44)38(28)46(71)72)54-40(67)34(56-75-4)30-24-79-48(50)52-30)32(65)20-58(3)21-33(66)62(7-2)17-27-10-14-60(15-11-27)19-29-23-78-45-37(43(70)64(45)39(29)47(73)74)55-41(68)35(57-76-5)31-25-80-49(51)53-31/h8-15,24-25,36-37,44-45H,6-7,16-23H2,1-5H3,(H6-2,50,51,52,53,54,55,67,68,71,72,73,74)/p+2. The van der Waals surface area contributed by atoms with Gasteiger partial charge in [0, 0.05) is 83.9 Å². The van der Waals surface area contributed by atoms with Gasteiger partial charge in [0.05, 0.1) is 13.1 Å². The zero-order valence-electron chi connectivity index (χ0n) is 43.8. The van der Waals surface area contributed by atoms with Gasteiger partial charge < -0.3 is 51.8 Å². The van der Waals surface area contributed by atoms with Gasteiger partial charge in [-0.05, 0) is 32.0 Å². The summed E-state index contributed by atoms with van der Waals surface area (Å²) in [5.74, 6) is -5.03. The number of nitrogen functional groups attached to an aromatic ring is 2. The van der Waals surface area contributed by atoms with Crippen LogP contribution in [0.3, 0.4) is 0 Å². The molecule has 8 rings (SSSR count). The van der Waals surface area contributed by atoms with Gasteiger partial charge in [0.25, 0.3) is 23.6 Å². The summed E-state index contributed by atoms with van der Waals surface area (Å²) in [5, 5.41) is 35.4. The number of thiazole rings is 2. The molecule has 4 aliphatic heterocycles. The van der Waals surface area contributed by atoms with Gasteiger partial charge in [0.15, 0.2) is 59.6 Å². The monoisotopic (exact) mass is 1180 g/mol. The molecule has 31 heteroatoms. The van der Waals surface area contributed by atoms with Gasteiger partial charge >= 0.3 is 11.9 Å². The molecule has 27 nitrogen and oxygen atoms in total. The van der Waals surface area contributed by atoms with E-state index in [0.29, 0.717) is 24.2 Å². The first-order chi connectivity index (χ1) is 38.3. The van der Waals surface area contributed by atoms with E-state index in [2.05, 4.69) is 30.9 Å². The van der Waals surface area contributed by atoms with Crippen molar-refractivity contribution in [3.8, 4) is 0 Å². The third-order valence-electron chi connectivity index (χ3n) is 13.1. The number of rotatable bonds is 24. The van der Waals surface area contributed by atoms with Crippen LogP contribution in [0.5, 0.6) is 0 Å². The number of anilines is 2. The van der Waals surface area contributed by atoms with Crippen molar-refractivity contribution in [3.05, 3.63) is 105 Å². The van der Waals surface area contributed by atoms with Gasteiger partial charge in [0.2, 0.25) is 11.8 Å². The highest BCUT2D eigenvalue weighted by Gasteiger charge is 2.56. The molecule has 0 saturated carbocycles. The Hall–Kier alpha value is -8.00. The molecule has 0 radical (unpaired) electrons. The van der Waals surface area contributed by atoms with E-state index in [1.807, 2.05) is 38.1 Å². The van der Waals surface area contributed by atoms with E-state index in [1.165, 1.54) is 58.3 Å². The number of carboxylic acid groups (broad SMARTS) is 2. The second-order valence-corrected chi connectivity index (χ2v) is 22.4. The molecule has 0 aliphatic carbocycles. The Morgan fingerprint density at radius 3 is 1.38 bits per heavy atom. The second-order valence-electron chi connectivity index (χ2n) is 18.4. The van der Waals surface area contributed by atoms with Crippen LogP contribution in [0.1, 0.15) is 36.4 Å². The van der Waals surface area contributed by atoms with Crippen LogP contribution in [0, 0.1) is 0 Å². The number of nitrogens with one attached hydrogen (secondary N) is 2. The predicted molar refractivity (Wildman–Crippen MR) is 292 cm³/mol. The minimum atomic E-state index is -1.28. The number of fused-ring (bicyclic) bond motifs is 2. The lowest BCUT2D eigenvalue weighted by molar-refractivity contribution is -0.689. The predicted octanol–water partition coefficient (Wildman–Crippen LogP) is -0.753. The fourth-order valence-electron chi connectivity index (χ4n) is 9.16. The molecule has 80 heavy (non-hydrogen) atoms. The van der Waals surface area contributed by atoms with Crippen molar-refractivity contribution in [2.24, 2.45) is 10.3 Å². The molecule has 422 valence electrons. The van der Waals surface area contributed by atoms with E-state index in [9.17, 15) is 48.6 Å². The van der Waals surface area contributed by atoms with Crippen LogP contribution in [0.4, 0.5) is 10.3 Å². The summed E-state index contributed by atoms with van der Waals surface area (Å²) < 4.78 is 3.56. The van der Waals surface area contributed by atoms with Crippen molar-refractivity contribution < 1.29 is 67.4 Å². The van der Waals surface area contributed by atoms with Crippen molar-refractivity contribution in [2.45, 2.75) is 62.9 Å². The Morgan fingerprint density at radius 2 is 1.06 bits per heavy atom. The number of nitrogens with two attached hydrogens (primary N) is 2. The first kappa shape index (κ1) is 58.2. The highest BCUT2D eigenvalue weighted by molar-refractivity contribution is 8.00. The number of β-lactam (4-membered cyclic amide) rings is 2. The maximum Gasteiger partial charge on any atom is 0.352 e. The molecule has 4 atom stereocenters. The maximum atomic E-state index is 13.6.